The van der Waals surface area contributed by atoms with Crippen LogP contribution in [0.4, 0.5) is 35.1 Å². The molecule has 0 atom stereocenters. The summed E-state index contributed by atoms with van der Waals surface area (Å²) in [6.45, 7) is 5.89. The Kier molecular flexibility index (Phi) is 5.66. The average molecular weight is 473 g/mol. The molecule has 7 nitrogen and oxygen atoms in total. The smallest absolute Gasteiger partial charge is 0.347 e. The van der Waals surface area contributed by atoms with Crippen LogP contribution in [0.2, 0.25) is 0 Å². The van der Waals surface area contributed by atoms with Gasteiger partial charge in [0.25, 0.3) is 0 Å². The lowest BCUT2D eigenvalue weighted by Crippen LogP contribution is -2.22. The van der Waals surface area contributed by atoms with E-state index in [1.807, 2.05) is 20.8 Å². The Bertz CT molecular complexity index is 1340. The number of aromatic nitrogens is 5. The quantitative estimate of drug-likeness (QED) is 0.371. The maximum atomic E-state index is 14.9. The average Bonchev–Trinajstić information content (AvgIpc) is 3.15. The lowest BCUT2D eigenvalue weighted by molar-refractivity contribution is -0.137. The molecule has 2 heterocycles. The van der Waals surface area contributed by atoms with Gasteiger partial charge in [0.2, 0.25) is 11.9 Å². The standard InChI is InChI=1S/C23H23F4N7/c1-22(2,3)19-31-20(33-21(32-19)34(4)5)30-15-11-17-16(10-14(15)24)28-18(29-17)12-6-8-13(9-7-12)23(25,26)27/h6-11H,1-5H3,(H,28,29)(H,30,31,32,33). The van der Waals surface area contributed by atoms with E-state index < -0.39 is 17.6 Å². The Morgan fingerprint density at radius 3 is 2.18 bits per heavy atom. The summed E-state index contributed by atoms with van der Waals surface area (Å²) in [7, 11) is 3.59. The molecule has 4 aromatic rings. The van der Waals surface area contributed by atoms with E-state index in [1.165, 1.54) is 24.3 Å². The molecule has 0 unspecified atom stereocenters. The summed E-state index contributed by atoms with van der Waals surface area (Å²) in [6, 6.07) is 7.34. The summed E-state index contributed by atoms with van der Waals surface area (Å²) >= 11 is 0. The van der Waals surface area contributed by atoms with Crippen molar-refractivity contribution in [3.05, 3.63) is 53.6 Å². The van der Waals surface area contributed by atoms with Gasteiger partial charge in [-0.2, -0.15) is 28.1 Å². The van der Waals surface area contributed by atoms with E-state index in [0.717, 1.165) is 12.1 Å². The number of hydrogen-bond donors (Lipinski definition) is 2. The Hall–Kier alpha value is -3.76. The van der Waals surface area contributed by atoms with Crippen LogP contribution in [-0.2, 0) is 11.6 Å². The van der Waals surface area contributed by atoms with Crippen LogP contribution in [0.1, 0.15) is 32.2 Å². The zero-order valence-corrected chi connectivity index (χ0v) is 19.2. The fourth-order valence-electron chi connectivity index (χ4n) is 3.16. The van der Waals surface area contributed by atoms with E-state index in [0.29, 0.717) is 34.2 Å². The lowest BCUT2D eigenvalue weighted by Gasteiger charge is -2.20. The molecule has 0 fully saturated rings. The first-order chi connectivity index (χ1) is 15.8. The second-order valence-corrected chi connectivity index (χ2v) is 9.06. The van der Waals surface area contributed by atoms with Gasteiger partial charge in [0.15, 0.2) is 0 Å². The van der Waals surface area contributed by atoms with Crippen molar-refractivity contribution >= 4 is 28.6 Å². The van der Waals surface area contributed by atoms with Crippen molar-refractivity contribution in [2.24, 2.45) is 0 Å². The maximum Gasteiger partial charge on any atom is 0.416 e. The SMILES string of the molecule is CN(C)c1nc(Nc2cc3nc(-c4ccc(C(F)(F)F)cc4)[nH]c3cc2F)nc(C(C)(C)C)n1. The molecule has 2 aromatic heterocycles. The highest BCUT2D eigenvalue weighted by Gasteiger charge is 2.30. The topological polar surface area (TPSA) is 82.6 Å². The third-order valence-electron chi connectivity index (χ3n) is 5.00. The molecular formula is C23H23F4N7. The number of H-pyrrole nitrogens is 1. The zero-order valence-electron chi connectivity index (χ0n) is 19.2. The minimum Gasteiger partial charge on any atom is -0.347 e. The molecule has 0 bridgehead atoms. The highest BCUT2D eigenvalue weighted by atomic mass is 19.4. The Labute approximate surface area is 193 Å². The van der Waals surface area contributed by atoms with Gasteiger partial charge in [-0.1, -0.05) is 32.9 Å². The summed E-state index contributed by atoms with van der Waals surface area (Å²) in [5.74, 6) is 0.901. The monoisotopic (exact) mass is 473 g/mol. The van der Waals surface area contributed by atoms with Gasteiger partial charge in [-0.15, -0.1) is 0 Å². The number of fused-ring (bicyclic) bond motifs is 1. The van der Waals surface area contributed by atoms with E-state index in [-0.39, 0.29) is 17.1 Å². The normalized spacial score (nSPS) is 12.3. The largest absolute Gasteiger partial charge is 0.416 e. The minimum absolute atomic E-state index is 0.105. The van der Waals surface area contributed by atoms with Gasteiger partial charge in [0, 0.05) is 31.1 Å². The predicted octanol–water partition coefficient (Wildman–Crippen LogP) is 5.68. The Balaban J connectivity index is 1.69. The molecule has 0 saturated carbocycles. The third-order valence-corrected chi connectivity index (χ3v) is 5.00. The van der Waals surface area contributed by atoms with Gasteiger partial charge in [0.05, 0.1) is 22.3 Å². The van der Waals surface area contributed by atoms with Crippen LogP contribution in [0.15, 0.2) is 36.4 Å². The molecule has 0 aliphatic heterocycles. The van der Waals surface area contributed by atoms with Crippen molar-refractivity contribution < 1.29 is 17.6 Å². The molecule has 178 valence electrons. The van der Waals surface area contributed by atoms with E-state index in [4.69, 9.17) is 0 Å². The first-order valence-electron chi connectivity index (χ1n) is 10.4. The molecular weight excluding hydrogens is 450 g/mol. The van der Waals surface area contributed by atoms with E-state index >= 15 is 0 Å². The molecule has 2 aromatic carbocycles. The molecule has 0 aliphatic rings. The number of halogens is 4. The summed E-state index contributed by atoms with van der Waals surface area (Å²) in [5, 5.41) is 2.90. The first-order valence-corrected chi connectivity index (χ1v) is 10.4. The van der Waals surface area contributed by atoms with Gasteiger partial charge >= 0.3 is 6.18 Å². The summed E-state index contributed by atoms with van der Waals surface area (Å²) in [5.41, 5.74) is 0.269. The first kappa shape index (κ1) is 23.4. The Morgan fingerprint density at radius 1 is 0.912 bits per heavy atom. The maximum absolute atomic E-state index is 14.9. The van der Waals surface area contributed by atoms with Crippen molar-refractivity contribution in [2.45, 2.75) is 32.4 Å². The number of anilines is 3. The highest BCUT2D eigenvalue weighted by Crippen LogP contribution is 2.32. The number of hydrogen-bond acceptors (Lipinski definition) is 6. The predicted molar refractivity (Wildman–Crippen MR) is 123 cm³/mol. The van der Waals surface area contributed by atoms with Crippen LogP contribution in [0.5, 0.6) is 0 Å². The number of benzene rings is 2. The van der Waals surface area contributed by atoms with Gasteiger partial charge < -0.3 is 15.2 Å². The molecule has 34 heavy (non-hydrogen) atoms. The van der Waals surface area contributed by atoms with Crippen LogP contribution < -0.4 is 10.2 Å². The van der Waals surface area contributed by atoms with E-state index in [2.05, 4.69) is 30.2 Å². The molecule has 0 saturated heterocycles. The van der Waals surface area contributed by atoms with Crippen LogP contribution in [0, 0.1) is 5.82 Å². The van der Waals surface area contributed by atoms with E-state index in [9.17, 15) is 17.6 Å². The number of aromatic amines is 1. The van der Waals surface area contributed by atoms with Crippen LogP contribution >= 0.6 is 0 Å². The molecule has 0 amide bonds. The van der Waals surface area contributed by atoms with Gasteiger partial charge in [-0.05, 0) is 18.2 Å². The number of imidazole rings is 1. The third kappa shape index (κ3) is 4.78. The number of nitrogens with zero attached hydrogens (tertiary/aromatic N) is 5. The zero-order chi connectivity index (χ0) is 24.8. The van der Waals surface area contributed by atoms with Crippen molar-refractivity contribution in [2.75, 3.05) is 24.3 Å². The minimum atomic E-state index is -4.43. The number of alkyl halides is 3. The molecule has 2 N–H and O–H groups in total. The number of nitrogens with one attached hydrogen (secondary N) is 2. The van der Waals surface area contributed by atoms with Crippen molar-refractivity contribution in [3.63, 3.8) is 0 Å². The summed E-state index contributed by atoms with van der Waals surface area (Å²) in [6.07, 6.45) is -4.43. The highest BCUT2D eigenvalue weighted by molar-refractivity contribution is 5.83. The molecule has 0 aliphatic carbocycles. The van der Waals surface area contributed by atoms with Crippen LogP contribution in [0.25, 0.3) is 22.4 Å². The second kappa shape index (κ2) is 8.23. The van der Waals surface area contributed by atoms with Gasteiger partial charge in [-0.25, -0.2) is 9.37 Å². The van der Waals surface area contributed by atoms with Crippen LogP contribution in [-0.4, -0.2) is 39.0 Å². The molecule has 4 rings (SSSR count). The van der Waals surface area contributed by atoms with Crippen LogP contribution in [0.3, 0.4) is 0 Å². The molecule has 0 radical (unpaired) electrons. The molecule has 11 heteroatoms. The summed E-state index contributed by atoms with van der Waals surface area (Å²) < 4.78 is 53.4. The fourth-order valence-corrected chi connectivity index (χ4v) is 3.16. The lowest BCUT2D eigenvalue weighted by atomic mass is 9.96. The van der Waals surface area contributed by atoms with Crippen molar-refractivity contribution in [1.82, 2.24) is 24.9 Å². The second-order valence-electron chi connectivity index (χ2n) is 9.06. The number of rotatable bonds is 4. The van der Waals surface area contributed by atoms with Crippen molar-refractivity contribution in [1.29, 1.82) is 0 Å². The van der Waals surface area contributed by atoms with Crippen molar-refractivity contribution in [3.8, 4) is 11.4 Å². The molecule has 0 spiro atoms. The summed E-state index contributed by atoms with van der Waals surface area (Å²) in [4.78, 5) is 22.3. The van der Waals surface area contributed by atoms with Gasteiger partial charge in [0.1, 0.15) is 17.5 Å². The van der Waals surface area contributed by atoms with E-state index in [1.54, 1.807) is 19.0 Å². The van der Waals surface area contributed by atoms with Gasteiger partial charge in [-0.3, -0.25) is 0 Å². The Morgan fingerprint density at radius 2 is 1.59 bits per heavy atom. The fraction of sp³-hybridized carbons (Fsp3) is 0.304.